The highest BCUT2D eigenvalue weighted by Crippen LogP contribution is 2.72. The second kappa shape index (κ2) is 10.3. The molecule has 7 rings (SSSR count). The van der Waals surface area contributed by atoms with Crippen molar-refractivity contribution in [3.8, 4) is 0 Å². The van der Waals surface area contributed by atoms with Crippen molar-refractivity contribution in [1.82, 2.24) is 4.98 Å². The summed E-state index contributed by atoms with van der Waals surface area (Å²) in [5, 5.41) is 25.3. The van der Waals surface area contributed by atoms with Crippen LogP contribution in [-0.4, -0.2) is 56.8 Å². The van der Waals surface area contributed by atoms with Gasteiger partial charge in [0.2, 0.25) is 0 Å². The molecule has 4 aliphatic carbocycles. The number of aromatic nitrogens is 1. The average molecular weight is 618 g/mol. The van der Waals surface area contributed by atoms with Crippen LogP contribution in [0, 0.1) is 22.7 Å². The van der Waals surface area contributed by atoms with E-state index in [1.165, 1.54) is 12.2 Å². The van der Waals surface area contributed by atoms with Crippen LogP contribution in [-0.2, 0) is 19.1 Å². The van der Waals surface area contributed by atoms with Gasteiger partial charge in [-0.2, -0.15) is 0 Å². The molecular formula is C35H40FN3O6. The van der Waals surface area contributed by atoms with E-state index in [1.807, 2.05) is 50.2 Å². The van der Waals surface area contributed by atoms with Gasteiger partial charge in [-0.3, -0.25) is 9.59 Å². The van der Waals surface area contributed by atoms with Gasteiger partial charge in [0.1, 0.15) is 12.4 Å². The number of benzene rings is 1. The Morgan fingerprint density at radius 1 is 1.20 bits per heavy atom. The zero-order chi connectivity index (χ0) is 31.9. The number of carbonyl (C=O) groups excluding carboxylic acids is 2. The first kappa shape index (κ1) is 30.2. The van der Waals surface area contributed by atoms with Crippen LogP contribution in [0.4, 0.5) is 15.9 Å². The number of hydrogen-bond donors (Lipinski definition) is 4. The topological polar surface area (TPSA) is 144 Å². The van der Waals surface area contributed by atoms with E-state index in [9.17, 15) is 19.8 Å². The second-order valence-corrected chi connectivity index (χ2v) is 13.9. The van der Waals surface area contributed by atoms with Crippen molar-refractivity contribution >= 4 is 23.1 Å². The Balaban J connectivity index is 1.16. The third-order valence-electron chi connectivity index (χ3n) is 11.8. The van der Waals surface area contributed by atoms with Gasteiger partial charge < -0.3 is 30.7 Å². The van der Waals surface area contributed by atoms with E-state index >= 15 is 4.39 Å². The fraction of sp³-hybridized carbons (Fsp3) is 0.514. The monoisotopic (exact) mass is 617 g/mol. The molecule has 4 fully saturated rings. The van der Waals surface area contributed by atoms with E-state index in [0.29, 0.717) is 41.9 Å². The van der Waals surface area contributed by atoms with Crippen LogP contribution in [0.1, 0.15) is 69.9 Å². The normalized spacial score (nSPS) is 40.5. The maximum atomic E-state index is 17.6. The molecule has 1 aliphatic heterocycles. The summed E-state index contributed by atoms with van der Waals surface area (Å²) >= 11 is 0. The molecule has 3 saturated carbocycles. The van der Waals surface area contributed by atoms with Gasteiger partial charge in [0.05, 0.1) is 12.2 Å². The summed E-state index contributed by atoms with van der Waals surface area (Å²) < 4.78 is 30.6. The van der Waals surface area contributed by atoms with E-state index in [2.05, 4.69) is 10.3 Å². The molecule has 10 heteroatoms. The third kappa shape index (κ3) is 4.08. The van der Waals surface area contributed by atoms with Gasteiger partial charge in [-0.05, 0) is 87.4 Å². The van der Waals surface area contributed by atoms with Crippen LogP contribution < -0.4 is 11.1 Å². The summed E-state index contributed by atoms with van der Waals surface area (Å²) in [5.74, 6) is -1.04. The first-order chi connectivity index (χ1) is 21.4. The van der Waals surface area contributed by atoms with Gasteiger partial charge in [0.25, 0.3) is 0 Å². The number of ether oxygens (including phenoxy) is 2. The number of anilines is 2. The van der Waals surface area contributed by atoms with E-state index in [-0.39, 0.29) is 24.2 Å². The van der Waals surface area contributed by atoms with Gasteiger partial charge in [-0.25, -0.2) is 9.37 Å². The summed E-state index contributed by atoms with van der Waals surface area (Å²) in [5.41, 5.74) is 3.07. The van der Waals surface area contributed by atoms with Crippen LogP contribution in [0.3, 0.4) is 0 Å². The quantitative estimate of drug-likeness (QED) is 0.344. The van der Waals surface area contributed by atoms with Crippen molar-refractivity contribution in [3.63, 3.8) is 0 Å². The third-order valence-corrected chi connectivity index (χ3v) is 11.8. The van der Waals surface area contributed by atoms with Crippen LogP contribution in [0.25, 0.3) is 0 Å². The fourth-order valence-electron chi connectivity index (χ4n) is 9.44. The molecule has 238 valence electrons. The molecule has 0 spiro atoms. The highest BCUT2D eigenvalue weighted by atomic mass is 19.1. The van der Waals surface area contributed by atoms with E-state index in [4.69, 9.17) is 15.2 Å². The second-order valence-electron chi connectivity index (χ2n) is 13.9. The number of aliphatic hydroxyl groups is 2. The Hall–Kier alpha value is -3.44. The molecule has 0 radical (unpaired) electrons. The van der Waals surface area contributed by atoms with Gasteiger partial charge in [0.15, 0.2) is 29.1 Å². The number of carbonyl (C=O) groups is 2. The largest absolute Gasteiger partial charge is 0.399 e. The maximum Gasteiger partial charge on any atom is 0.193 e. The number of nitrogen functional groups attached to an aromatic ring is 1. The van der Waals surface area contributed by atoms with E-state index < -0.39 is 58.9 Å². The zero-order valence-corrected chi connectivity index (χ0v) is 25.7. The summed E-state index contributed by atoms with van der Waals surface area (Å²) in [6.07, 6.45) is 4.24. The lowest BCUT2D eigenvalue weighted by molar-refractivity contribution is -0.231. The van der Waals surface area contributed by atoms with Gasteiger partial charge >= 0.3 is 0 Å². The molecule has 2 heterocycles. The Kier molecular flexibility index (Phi) is 6.91. The molecule has 1 aromatic carbocycles. The number of pyridine rings is 1. The summed E-state index contributed by atoms with van der Waals surface area (Å²) in [4.78, 5) is 30.4. The molecule has 5 aliphatic rings. The van der Waals surface area contributed by atoms with Crippen molar-refractivity contribution in [3.05, 3.63) is 77.5 Å². The molecule has 45 heavy (non-hydrogen) atoms. The van der Waals surface area contributed by atoms with Crippen LogP contribution >= 0.6 is 0 Å². The number of nitrogens with zero attached hydrogens (tertiary/aromatic N) is 1. The first-order valence-corrected chi connectivity index (χ1v) is 15.7. The van der Waals surface area contributed by atoms with Crippen LogP contribution in [0.15, 0.2) is 66.4 Å². The van der Waals surface area contributed by atoms with Gasteiger partial charge in [0, 0.05) is 40.2 Å². The van der Waals surface area contributed by atoms with Crippen molar-refractivity contribution in [2.45, 2.75) is 82.3 Å². The predicted molar refractivity (Wildman–Crippen MR) is 164 cm³/mol. The zero-order valence-electron chi connectivity index (χ0n) is 25.7. The van der Waals surface area contributed by atoms with Crippen molar-refractivity contribution in [2.24, 2.45) is 22.7 Å². The summed E-state index contributed by atoms with van der Waals surface area (Å²) in [7, 11) is 0. The van der Waals surface area contributed by atoms with Crippen molar-refractivity contribution < 1.29 is 33.7 Å². The number of rotatable bonds is 6. The van der Waals surface area contributed by atoms with Crippen LogP contribution in [0.5, 0.6) is 0 Å². The first-order valence-electron chi connectivity index (χ1n) is 15.7. The molecule has 1 saturated heterocycles. The molecule has 0 bridgehead atoms. The highest BCUT2D eigenvalue weighted by molar-refractivity contribution is 6.01. The van der Waals surface area contributed by atoms with E-state index in [0.717, 1.165) is 5.56 Å². The predicted octanol–water partition coefficient (Wildman–Crippen LogP) is 4.53. The molecule has 0 amide bonds. The number of hydrogen-bond acceptors (Lipinski definition) is 9. The minimum atomic E-state index is -2.05. The Morgan fingerprint density at radius 2 is 1.96 bits per heavy atom. The molecule has 1 aromatic heterocycles. The lowest BCUT2D eigenvalue weighted by atomic mass is 9.44. The Morgan fingerprint density at radius 3 is 2.64 bits per heavy atom. The molecular weight excluding hydrogens is 577 g/mol. The summed E-state index contributed by atoms with van der Waals surface area (Å²) in [6, 6.07) is 11.2. The smallest absolute Gasteiger partial charge is 0.193 e. The van der Waals surface area contributed by atoms with Crippen LogP contribution in [0.2, 0.25) is 0 Å². The highest BCUT2D eigenvalue weighted by Gasteiger charge is 2.79. The van der Waals surface area contributed by atoms with Crippen molar-refractivity contribution in [1.29, 1.82) is 0 Å². The molecule has 2 aromatic rings. The number of nitrogens with one attached hydrogen (secondary N) is 1. The SMILES string of the molecule is C[C@@H](Nc1ccc([C@@H]2O[C@@H]3CC4[C@@H]5CCC6=CC(=O)C=C[C@]6(C)[C@@]5(F)[C@@H](O)C[C@]4(C)[C@]3(C(=O)CO)O2)cn1)c1ccc(N)cc1. The standard InChI is InChI=1S/C35H40FN3O6/c1-19(20-4-8-23(37)9-5-20)39-30-11-6-21(17-38-30)31-44-29-15-26-25-10-7-22-14-24(41)12-13-32(22,2)34(25,36)27(42)16-33(26,3)35(29,45-31)28(43)18-40/h4-6,8-9,11-14,17,19,25-27,29,31,40,42H,7,10,15-16,18,37H2,1-3H3,(H,38,39)/t19-,25+,26?,27+,29-,31-,32+,33+,34+,35-/m1/s1. The van der Waals surface area contributed by atoms with Gasteiger partial charge in [-0.15, -0.1) is 0 Å². The van der Waals surface area contributed by atoms with Gasteiger partial charge in [-0.1, -0.05) is 30.7 Å². The summed E-state index contributed by atoms with van der Waals surface area (Å²) in [6.45, 7) is 4.88. The molecule has 5 N–H and O–H groups in total. The number of Topliss-reactive ketones (excluding diaryl/α,β-unsaturated/α-hetero) is 1. The molecule has 9 nitrogen and oxygen atoms in total. The number of aliphatic hydroxyl groups excluding tert-OH is 2. The number of ketones is 2. The lowest BCUT2D eigenvalue weighted by Gasteiger charge is -2.62. The minimum Gasteiger partial charge on any atom is -0.399 e. The Bertz CT molecular complexity index is 1600. The molecule has 10 atom stereocenters. The average Bonchev–Trinajstić information content (AvgIpc) is 3.52. The Labute approximate surface area is 261 Å². The number of halogens is 1. The number of fused-ring (bicyclic) bond motifs is 7. The maximum absolute atomic E-state index is 17.6. The van der Waals surface area contributed by atoms with Crippen molar-refractivity contribution in [2.75, 3.05) is 17.7 Å². The molecule has 1 unspecified atom stereocenters. The fourth-order valence-corrected chi connectivity index (χ4v) is 9.44. The lowest BCUT2D eigenvalue weighted by Crippen LogP contribution is -2.69. The minimum absolute atomic E-state index is 0.0248. The number of allylic oxidation sites excluding steroid dienone is 4. The van der Waals surface area contributed by atoms with E-state index in [1.54, 1.807) is 19.2 Å². The number of nitrogens with two attached hydrogens (primary N) is 1. The number of alkyl halides is 1.